The summed E-state index contributed by atoms with van der Waals surface area (Å²) in [5.41, 5.74) is 8.11. The van der Waals surface area contributed by atoms with E-state index in [1.807, 2.05) is 6.07 Å². The molecule has 1 saturated carbocycles. The van der Waals surface area contributed by atoms with Gasteiger partial charge in [-0.2, -0.15) is 0 Å². The van der Waals surface area contributed by atoms with E-state index in [1.165, 1.54) is 5.56 Å². The lowest BCUT2D eigenvalue weighted by Gasteiger charge is -2.48. The Morgan fingerprint density at radius 2 is 1.76 bits per heavy atom. The minimum atomic E-state index is -0.248. The normalized spacial score (nSPS) is 26.7. The van der Waals surface area contributed by atoms with Crippen LogP contribution in [0.3, 0.4) is 0 Å². The van der Waals surface area contributed by atoms with Gasteiger partial charge in [0.05, 0.1) is 17.8 Å². The van der Waals surface area contributed by atoms with Crippen LogP contribution in [0.15, 0.2) is 53.7 Å². The second-order valence-electron chi connectivity index (χ2n) is 8.42. The molecule has 7 nitrogen and oxygen atoms in total. The summed E-state index contributed by atoms with van der Waals surface area (Å²) in [6.07, 6.45) is 3.72. The maximum atomic E-state index is 12.8. The van der Waals surface area contributed by atoms with Gasteiger partial charge in [-0.3, -0.25) is 9.80 Å². The van der Waals surface area contributed by atoms with E-state index in [1.54, 1.807) is 23.1 Å². The van der Waals surface area contributed by atoms with Crippen molar-refractivity contribution in [3.8, 4) is 0 Å². The summed E-state index contributed by atoms with van der Waals surface area (Å²) in [7, 11) is 4.27. The van der Waals surface area contributed by atoms with Crippen molar-refractivity contribution in [3.63, 3.8) is 0 Å². The van der Waals surface area contributed by atoms with E-state index in [0.717, 1.165) is 25.7 Å². The molecule has 29 heavy (non-hydrogen) atoms. The van der Waals surface area contributed by atoms with Gasteiger partial charge in [0, 0.05) is 11.2 Å². The van der Waals surface area contributed by atoms with Crippen LogP contribution in [0.1, 0.15) is 31.2 Å². The number of amides is 2. The number of hydrogen-bond acceptors (Lipinski definition) is 5. The summed E-state index contributed by atoms with van der Waals surface area (Å²) >= 11 is 0. The Hall–Kier alpha value is -2.93. The Labute approximate surface area is 170 Å². The van der Waals surface area contributed by atoms with Crippen LogP contribution in [-0.2, 0) is 5.54 Å². The van der Waals surface area contributed by atoms with Crippen LogP contribution in [0.2, 0.25) is 0 Å². The van der Waals surface area contributed by atoms with Gasteiger partial charge >= 0.3 is 6.03 Å². The van der Waals surface area contributed by atoms with Crippen molar-refractivity contribution in [1.82, 2.24) is 10.2 Å². The second-order valence-corrected chi connectivity index (χ2v) is 8.42. The van der Waals surface area contributed by atoms with Crippen molar-refractivity contribution in [1.29, 1.82) is 0 Å². The van der Waals surface area contributed by atoms with Crippen LogP contribution >= 0.6 is 0 Å². The number of carbonyl (C=O) groups is 1. The monoisotopic (exact) mass is 393 g/mol. The van der Waals surface area contributed by atoms with Gasteiger partial charge in [-0.1, -0.05) is 30.3 Å². The summed E-state index contributed by atoms with van der Waals surface area (Å²) < 4.78 is 0. The zero-order valence-electron chi connectivity index (χ0n) is 16.9. The highest BCUT2D eigenvalue weighted by Crippen LogP contribution is 2.46. The number of nitrogens with two attached hydrogens (primary N) is 1. The van der Waals surface area contributed by atoms with E-state index >= 15 is 0 Å². The van der Waals surface area contributed by atoms with Crippen molar-refractivity contribution in [2.45, 2.75) is 36.8 Å². The number of benzene rings is 2. The fourth-order valence-corrected chi connectivity index (χ4v) is 4.88. The molecular formula is C22H27N5O2. The Balaban J connectivity index is 1.55. The van der Waals surface area contributed by atoms with Gasteiger partial charge in [0.25, 0.3) is 0 Å². The van der Waals surface area contributed by atoms with E-state index in [2.05, 4.69) is 53.8 Å². The van der Waals surface area contributed by atoms with Crippen molar-refractivity contribution >= 4 is 23.1 Å². The molecule has 0 unspecified atom stereocenters. The molecular weight excluding hydrogens is 366 g/mol. The predicted octanol–water partition coefficient (Wildman–Crippen LogP) is 3.97. The SMILES string of the molecule is CN(C)C1(c2ccccc2)CCC2(CC1)CN(c1ccc(N=O)c(N)c1)C(=O)N2. The third-order valence-corrected chi connectivity index (χ3v) is 6.70. The number of nitroso groups, excluding NO2 is 1. The topological polar surface area (TPSA) is 91.0 Å². The van der Waals surface area contributed by atoms with Crippen LogP contribution in [0.4, 0.5) is 21.9 Å². The minimum absolute atomic E-state index is 0.0215. The fourth-order valence-electron chi connectivity index (χ4n) is 4.88. The molecule has 0 aromatic heterocycles. The van der Waals surface area contributed by atoms with E-state index in [4.69, 9.17) is 5.73 Å². The first-order chi connectivity index (χ1) is 13.9. The first kappa shape index (κ1) is 19.4. The third kappa shape index (κ3) is 3.25. The van der Waals surface area contributed by atoms with Crippen LogP contribution in [0.5, 0.6) is 0 Å². The Kier molecular flexibility index (Phi) is 4.78. The van der Waals surface area contributed by atoms with E-state index in [9.17, 15) is 9.70 Å². The molecule has 0 bridgehead atoms. The highest BCUT2D eigenvalue weighted by molar-refractivity contribution is 5.96. The molecule has 3 N–H and O–H groups in total. The first-order valence-electron chi connectivity index (χ1n) is 9.95. The molecule has 1 saturated heterocycles. The minimum Gasteiger partial charge on any atom is -0.397 e. The molecule has 0 atom stereocenters. The lowest BCUT2D eigenvalue weighted by molar-refractivity contribution is 0.0658. The van der Waals surface area contributed by atoms with Crippen molar-refractivity contribution in [3.05, 3.63) is 59.0 Å². The summed E-state index contributed by atoms with van der Waals surface area (Å²) in [5, 5.41) is 6.14. The fraction of sp³-hybridized carbons (Fsp3) is 0.409. The lowest BCUT2D eigenvalue weighted by atomic mass is 9.69. The zero-order valence-corrected chi connectivity index (χ0v) is 16.9. The number of hydrogen-bond donors (Lipinski definition) is 2. The number of nitrogens with zero attached hydrogens (tertiary/aromatic N) is 3. The smallest absolute Gasteiger partial charge is 0.322 e. The maximum Gasteiger partial charge on any atom is 0.322 e. The van der Waals surface area contributed by atoms with Crippen molar-refractivity contribution < 1.29 is 4.79 Å². The molecule has 7 heteroatoms. The van der Waals surface area contributed by atoms with Gasteiger partial charge in [0.15, 0.2) is 0 Å². The molecule has 2 aromatic carbocycles. The molecule has 152 valence electrons. The third-order valence-electron chi connectivity index (χ3n) is 6.70. The largest absolute Gasteiger partial charge is 0.397 e. The molecule has 1 heterocycles. The van der Waals surface area contributed by atoms with Crippen molar-refractivity contribution in [2.24, 2.45) is 5.18 Å². The second kappa shape index (κ2) is 7.15. The molecule has 2 amide bonds. The first-order valence-corrected chi connectivity index (χ1v) is 9.95. The molecule has 1 aliphatic heterocycles. The summed E-state index contributed by atoms with van der Waals surface area (Å²) in [4.78, 5) is 27.6. The number of nitrogens with one attached hydrogen (secondary N) is 1. The van der Waals surface area contributed by atoms with Crippen LogP contribution in [0.25, 0.3) is 0 Å². The zero-order chi connectivity index (χ0) is 20.6. The number of carbonyl (C=O) groups excluding carboxylic acids is 1. The van der Waals surface area contributed by atoms with Crippen LogP contribution in [0, 0.1) is 4.91 Å². The molecule has 0 radical (unpaired) electrons. The van der Waals surface area contributed by atoms with Gasteiger partial charge < -0.3 is 11.1 Å². The molecule has 1 spiro atoms. The predicted molar refractivity (Wildman–Crippen MR) is 115 cm³/mol. The number of urea groups is 1. The molecule has 2 aromatic rings. The number of anilines is 2. The van der Waals surface area contributed by atoms with E-state index in [0.29, 0.717) is 12.2 Å². The van der Waals surface area contributed by atoms with Gasteiger partial charge in [-0.05, 0) is 68.7 Å². The summed E-state index contributed by atoms with van der Waals surface area (Å²) in [6.45, 7) is 0.595. The molecule has 1 aliphatic carbocycles. The highest BCUT2D eigenvalue weighted by Gasteiger charge is 2.50. The van der Waals surface area contributed by atoms with Gasteiger partial charge in [-0.15, -0.1) is 4.91 Å². The molecule has 2 aliphatic rings. The van der Waals surface area contributed by atoms with Gasteiger partial charge in [-0.25, -0.2) is 4.79 Å². The number of nitrogen functional groups attached to an aromatic ring is 1. The molecule has 4 rings (SSSR count). The van der Waals surface area contributed by atoms with E-state index in [-0.39, 0.29) is 28.5 Å². The quantitative estimate of drug-likeness (QED) is 0.607. The highest BCUT2D eigenvalue weighted by atomic mass is 16.3. The van der Waals surface area contributed by atoms with Crippen LogP contribution < -0.4 is 16.0 Å². The molecule has 2 fully saturated rings. The van der Waals surface area contributed by atoms with Crippen molar-refractivity contribution in [2.75, 3.05) is 31.3 Å². The summed E-state index contributed by atoms with van der Waals surface area (Å²) in [5.74, 6) is 0. The standard InChI is InChI=1S/C22H27N5O2/c1-26(2)22(16-6-4-3-5-7-16)12-10-21(11-13-22)15-27(20(28)24-21)17-8-9-19(25-29)18(23)14-17/h3-9,14H,10-13,15,23H2,1-2H3,(H,24,28). The summed E-state index contributed by atoms with van der Waals surface area (Å²) in [6, 6.07) is 15.4. The van der Waals surface area contributed by atoms with Crippen LogP contribution in [-0.4, -0.2) is 37.1 Å². The van der Waals surface area contributed by atoms with E-state index < -0.39 is 0 Å². The average molecular weight is 393 g/mol. The lowest BCUT2D eigenvalue weighted by Crippen LogP contribution is -2.54. The Bertz CT molecular complexity index is 920. The average Bonchev–Trinajstić information content (AvgIpc) is 3.05. The van der Waals surface area contributed by atoms with Gasteiger partial charge in [0.1, 0.15) is 5.69 Å². The Morgan fingerprint density at radius 1 is 1.07 bits per heavy atom. The Morgan fingerprint density at radius 3 is 2.34 bits per heavy atom. The maximum absolute atomic E-state index is 12.8. The van der Waals surface area contributed by atoms with Gasteiger partial charge in [0.2, 0.25) is 0 Å². The number of rotatable bonds is 4.